The van der Waals surface area contributed by atoms with Gasteiger partial charge in [0.2, 0.25) is 10.0 Å². The van der Waals surface area contributed by atoms with E-state index in [1.807, 2.05) is 0 Å². The maximum Gasteiger partial charge on any atom is 0.243 e. The Morgan fingerprint density at radius 1 is 1.09 bits per heavy atom. The van der Waals surface area contributed by atoms with E-state index in [2.05, 4.69) is 4.90 Å². The Balaban J connectivity index is 1.58. The van der Waals surface area contributed by atoms with Gasteiger partial charge in [-0.05, 0) is 24.3 Å². The van der Waals surface area contributed by atoms with Crippen LogP contribution in [0.25, 0.3) is 0 Å². The topological polar surface area (TPSA) is 68.3 Å². The lowest BCUT2D eigenvalue weighted by molar-refractivity contribution is -0.0652. The summed E-state index contributed by atoms with van der Waals surface area (Å²) >= 11 is 0. The van der Waals surface area contributed by atoms with Crippen LogP contribution in [0.1, 0.15) is 0 Å². The smallest absolute Gasteiger partial charge is 0.243 e. The minimum atomic E-state index is -3.45. The van der Waals surface area contributed by atoms with Crippen LogP contribution in [0.4, 0.5) is 0 Å². The first kappa shape index (κ1) is 16.7. The van der Waals surface area contributed by atoms with E-state index >= 15 is 0 Å². The molecule has 1 aromatic carbocycles. The predicted octanol–water partition coefficient (Wildman–Crippen LogP) is 0.374. The van der Waals surface area contributed by atoms with Gasteiger partial charge in [0, 0.05) is 32.7 Å². The number of benzene rings is 1. The summed E-state index contributed by atoms with van der Waals surface area (Å²) in [4.78, 5) is 2.48. The monoisotopic (exact) mass is 342 g/mol. The second kappa shape index (κ2) is 7.14. The van der Waals surface area contributed by atoms with E-state index in [9.17, 15) is 8.42 Å². The predicted molar refractivity (Wildman–Crippen MR) is 83.9 cm³/mol. The van der Waals surface area contributed by atoms with Gasteiger partial charge in [-0.3, -0.25) is 4.90 Å². The molecule has 0 radical (unpaired) electrons. The van der Waals surface area contributed by atoms with Gasteiger partial charge >= 0.3 is 0 Å². The summed E-state index contributed by atoms with van der Waals surface area (Å²) in [5.41, 5.74) is 0. The van der Waals surface area contributed by atoms with Crippen molar-refractivity contribution in [2.45, 2.75) is 11.2 Å². The number of rotatable bonds is 5. The fourth-order valence-corrected chi connectivity index (χ4v) is 4.19. The highest BCUT2D eigenvalue weighted by molar-refractivity contribution is 7.89. The Morgan fingerprint density at radius 2 is 1.70 bits per heavy atom. The van der Waals surface area contributed by atoms with Crippen LogP contribution >= 0.6 is 0 Å². The molecule has 2 saturated heterocycles. The van der Waals surface area contributed by atoms with E-state index in [1.165, 1.54) is 4.31 Å². The second-order valence-corrected chi connectivity index (χ2v) is 7.49. The minimum absolute atomic E-state index is 0.181. The molecule has 0 aromatic heterocycles. The second-order valence-electron chi connectivity index (χ2n) is 5.55. The maximum absolute atomic E-state index is 12.7. The van der Waals surface area contributed by atoms with Crippen LogP contribution in [0.3, 0.4) is 0 Å². The van der Waals surface area contributed by atoms with Crippen molar-refractivity contribution >= 4 is 10.0 Å². The van der Waals surface area contributed by atoms with Crippen molar-refractivity contribution in [1.82, 2.24) is 9.21 Å². The maximum atomic E-state index is 12.7. The summed E-state index contributed by atoms with van der Waals surface area (Å²) < 4.78 is 42.8. The minimum Gasteiger partial charge on any atom is -0.497 e. The standard InChI is InChI=1S/C15H22N2O5S/c1-20-13-2-4-14(5-3-13)23(18,19)17-8-6-16(7-9-17)12-15-21-10-11-22-15/h2-5,15H,6-12H2,1H3. The van der Waals surface area contributed by atoms with Crippen LogP contribution in [0.2, 0.25) is 0 Å². The molecule has 1 aromatic rings. The number of hydrogen-bond donors (Lipinski definition) is 0. The highest BCUT2D eigenvalue weighted by Crippen LogP contribution is 2.21. The zero-order chi connectivity index (χ0) is 16.3. The average Bonchev–Trinajstić information content (AvgIpc) is 3.08. The molecule has 0 aliphatic carbocycles. The lowest BCUT2D eigenvalue weighted by Crippen LogP contribution is -2.50. The number of hydrogen-bond acceptors (Lipinski definition) is 6. The zero-order valence-corrected chi connectivity index (χ0v) is 14.0. The Morgan fingerprint density at radius 3 is 2.26 bits per heavy atom. The van der Waals surface area contributed by atoms with Crippen molar-refractivity contribution in [3.8, 4) is 5.75 Å². The van der Waals surface area contributed by atoms with Crippen LogP contribution < -0.4 is 4.74 Å². The molecule has 0 bridgehead atoms. The summed E-state index contributed by atoms with van der Waals surface area (Å²) in [7, 11) is -1.89. The van der Waals surface area contributed by atoms with Gasteiger partial charge in [0.1, 0.15) is 5.75 Å². The van der Waals surface area contributed by atoms with Gasteiger partial charge in [-0.1, -0.05) is 0 Å². The number of ether oxygens (including phenoxy) is 3. The van der Waals surface area contributed by atoms with Crippen LogP contribution in [-0.4, -0.2) is 77.0 Å². The van der Waals surface area contributed by atoms with Crippen LogP contribution in [0.15, 0.2) is 29.2 Å². The molecule has 7 nitrogen and oxygen atoms in total. The van der Waals surface area contributed by atoms with E-state index in [1.54, 1.807) is 31.4 Å². The fourth-order valence-electron chi connectivity index (χ4n) is 2.77. The molecule has 2 aliphatic rings. The number of nitrogens with zero attached hydrogens (tertiary/aromatic N) is 2. The van der Waals surface area contributed by atoms with Crippen molar-refractivity contribution < 1.29 is 22.6 Å². The molecule has 0 N–H and O–H groups in total. The van der Waals surface area contributed by atoms with Gasteiger partial charge in [0.15, 0.2) is 6.29 Å². The van der Waals surface area contributed by atoms with Gasteiger partial charge in [0.25, 0.3) is 0 Å². The first-order chi connectivity index (χ1) is 11.1. The Hall–Kier alpha value is -1.19. The van der Waals surface area contributed by atoms with Crippen LogP contribution in [-0.2, 0) is 19.5 Å². The largest absolute Gasteiger partial charge is 0.497 e. The molecule has 0 saturated carbocycles. The number of piperazine rings is 1. The lowest BCUT2D eigenvalue weighted by Gasteiger charge is -2.34. The quantitative estimate of drug-likeness (QED) is 0.770. The average molecular weight is 342 g/mol. The highest BCUT2D eigenvalue weighted by atomic mass is 32.2. The molecule has 2 heterocycles. The summed E-state index contributed by atoms with van der Waals surface area (Å²) in [5.74, 6) is 0.644. The molecular weight excluding hydrogens is 320 g/mol. The van der Waals surface area contributed by atoms with Gasteiger partial charge < -0.3 is 14.2 Å². The highest BCUT2D eigenvalue weighted by Gasteiger charge is 2.30. The normalized spacial score (nSPS) is 21.6. The summed E-state index contributed by atoms with van der Waals surface area (Å²) in [6.45, 7) is 4.27. The van der Waals surface area contributed by atoms with Gasteiger partial charge in [-0.15, -0.1) is 0 Å². The van der Waals surface area contributed by atoms with Crippen molar-refractivity contribution in [3.05, 3.63) is 24.3 Å². The first-order valence-electron chi connectivity index (χ1n) is 7.69. The Labute approximate surface area is 136 Å². The number of methoxy groups -OCH3 is 1. The van der Waals surface area contributed by atoms with Gasteiger partial charge in [-0.2, -0.15) is 4.31 Å². The van der Waals surface area contributed by atoms with E-state index < -0.39 is 10.0 Å². The fraction of sp³-hybridized carbons (Fsp3) is 0.600. The zero-order valence-electron chi connectivity index (χ0n) is 13.2. The summed E-state index contributed by atoms with van der Waals surface area (Å²) in [5, 5.41) is 0. The van der Waals surface area contributed by atoms with Crippen molar-refractivity contribution in [2.24, 2.45) is 0 Å². The van der Waals surface area contributed by atoms with Crippen LogP contribution in [0.5, 0.6) is 5.75 Å². The molecule has 2 aliphatic heterocycles. The van der Waals surface area contributed by atoms with Crippen molar-refractivity contribution in [3.63, 3.8) is 0 Å². The first-order valence-corrected chi connectivity index (χ1v) is 9.13. The van der Waals surface area contributed by atoms with Crippen LogP contribution in [0, 0.1) is 0 Å². The van der Waals surface area contributed by atoms with E-state index in [0.29, 0.717) is 56.6 Å². The van der Waals surface area contributed by atoms with Crippen molar-refractivity contribution in [2.75, 3.05) is 53.0 Å². The molecule has 0 spiro atoms. The molecular formula is C15H22N2O5S. The summed E-state index contributed by atoms with van der Waals surface area (Å²) in [6, 6.07) is 6.50. The lowest BCUT2D eigenvalue weighted by atomic mass is 10.3. The third-order valence-electron chi connectivity index (χ3n) is 4.13. The molecule has 0 atom stereocenters. The Bertz CT molecular complexity index is 605. The van der Waals surface area contributed by atoms with E-state index in [4.69, 9.17) is 14.2 Å². The molecule has 128 valence electrons. The van der Waals surface area contributed by atoms with Gasteiger partial charge in [-0.25, -0.2) is 8.42 Å². The molecule has 2 fully saturated rings. The number of sulfonamides is 1. The molecule has 3 rings (SSSR count). The SMILES string of the molecule is COc1ccc(S(=O)(=O)N2CCN(CC3OCCO3)CC2)cc1. The molecule has 0 amide bonds. The Kier molecular flexibility index (Phi) is 5.17. The van der Waals surface area contributed by atoms with E-state index in [0.717, 1.165) is 0 Å². The molecule has 8 heteroatoms. The summed E-state index contributed by atoms with van der Waals surface area (Å²) in [6.07, 6.45) is -0.181. The molecule has 23 heavy (non-hydrogen) atoms. The third kappa shape index (κ3) is 3.84. The van der Waals surface area contributed by atoms with Gasteiger partial charge in [0.05, 0.1) is 25.2 Å². The molecule has 0 unspecified atom stereocenters. The van der Waals surface area contributed by atoms with Crippen molar-refractivity contribution in [1.29, 1.82) is 0 Å². The van der Waals surface area contributed by atoms with E-state index in [-0.39, 0.29) is 6.29 Å². The third-order valence-corrected chi connectivity index (χ3v) is 6.04.